The molecule has 2 aromatic rings. The molecule has 0 aliphatic rings. The van der Waals surface area contributed by atoms with Crippen molar-refractivity contribution in [1.82, 2.24) is 0 Å². The van der Waals surface area contributed by atoms with Crippen LogP contribution in [0, 0.1) is 0 Å². The van der Waals surface area contributed by atoms with E-state index in [-0.39, 0.29) is 12.4 Å². The number of nitrogen functional groups attached to an aromatic ring is 2. The zero-order chi connectivity index (χ0) is 15.9. The lowest BCUT2D eigenvalue weighted by atomic mass is 10.2. The largest absolute Gasteiger partial charge is 0.399 e. The van der Waals surface area contributed by atoms with Crippen molar-refractivity contribution in [3.63, 3.8) is 0 Å². The summed E-state index contributed by atoms with van der Waals surface area (Å²) in [7, 11) is 2.08. The number of hydrogen-bond acceptors (Lipinski definition) is 4. The van der Waals surface area contributed by atoms with Crippen molar-refractivity contribution in [2.24, 2.45) is 0 Å². The smallest absolute Gasteiger partial charge is 0.0399 e. The number of hydrogen-bond donors (Lipinski definition) is 2. The van der Waals surface area contributed by atoms with Gasteiger partial charge in [0.05, 0.1) is 0 Å². The molecule has 0 aliphatic heterocycles. The van der Waals surface area contributed by atoms with E-state index in [1.165, 1.54) is 0 Å². The number of likely N-dealkylation sites (N-methyl/N-ethyl adjacent to an activating group) is 1. The summed E-state index contributed by atoms with van der Waals surface area (Å²) < 4.78 is 0. The first-order chi connectivity index (χ1) is 10.6. The first-order valence-corrected chi connectivity index (χ1v) is 7.86. The molecular formula is C17H24Cl2N4. The van der Waals surface area contributed by atoms with Crippen LogP contribution < -0.4 is 21.3 Å². The SMILES string of the molecule is CN(CCN(CCCl)c1ccc(N)cc1)c1ccc(N)cc1.Cl. The van der Waals surface area contributed by atoms with Crippen LogP contribution in [0.25, 0.3) is 0 Å². The maximum Gasteiger partial charge on any atom is 0.0399 e. The summed E-state index contributed by atoms with van der Waals surface area (Å²) >= 11 is 5.93. The normalized spacial score (nSPS) is 10.0. The zero-order valence-corrected chi connectivity index (χ0v) is 14.9. The van der Waals surface area contributed by atoms with E-state index in [4.69, 9.17) is 23.1 Å². The first kappa shape index (κ1) is 19.3. The highest BCUT2D eigenvalue weighted by Gasteiger charge is 2.08. The second kappa shape index (κ2) is 9.38. The van der Waals surface area contributed by atoms with Crippen molar-refractivity contribution in [2.75, 3.05) is 53.8 Å². The number of benzene rings is 2. The summed E-state index contributed by atoms with van der Waals surface area (Å²) in [6.07, 6.45) is 0. The maximum atomic E-state index is 5.93. The molecule has 4 N–H and O–H groups in total. The molecule has 0 unspecified atom stereocenters. The van der Waals surface area contributed by atoms with Crippen LogP contribution in [0.2, 0.25) is 0 Å². The Morgan fingerprint density at radius 1 is 0.783 bits per heavy atom. The van der Waals surface area contributed by atoms with Gasteiger partial charge in [0.25, 0.3) is 0 Å². The molecule has 0 saturated heterocycles. The van der Waals surface area contributed by atoms with Gasteiger partial charge >= 0.3 is 0 Å². The van der Waals surface area contributed by atoms with E-state index in [1.54, 1.807) is 0 Å². The van der Waals surface area contributed by atoms with Gasteiger partial charge in [-0.15, -0.1) is 24.0 Å². The Balaban J connectivity index is 0.00000264. The molecule has 126 valence electrons. The molecule has 0 radical (unpaired) electrons. The van der Waals surface area contributed by atoms with Crippen molar-refractivity contribution in [3.8, 4) is 0 Å². The number of halogens is 2. The Bertz CT molecular complexity index is 572. The van der Waals surface area contributed by atoms with Crippen molar-refractivity contribution in [2.45, 2.75) is 0 Å². The third-order valence-corrected chi connectivity index (χ3v) is 3.82. The molecule has 0 aliphatic carbocycles. The number of nitrogens with zero attached hydrogens (tertiary/aromatic N) is 2. The quantitative estimate of drug-likeness (QED) is 0.590. The number of nitrogens with two attached hydrogens (primary N) is 2. The van der Waals surface area contributed by atoms with Crippen LogP contribution in [0.1, 0.15) is 0 Å². The van der Waals surface area contributed by atoms with Crippen LogP contribution >= 0.6 is 24.0 Å². The van der Waals surface area contributed by atoms with Gasteiger partial charge in [0.2, 0.25) is 0 Å². The molecule has 0 atom stereocenters. The van der Waals surface area contributed by atoms with Crippen LogP contribution in [0.4, 0.5) is 22.7 Å². The summed E-state index contributed by atoms with van der Waals surface area (Å²) in [6.45, 7) is 2.59. The Hall–Kier alpha value is -1.78. The van der Waals surface area contributed by atoms with Gasteiger partial charge < -0.3 is 21.3 Å². The monoisotopic (exact) mass is 354 g/mol. The Kier molecular flexibility index (Phi) is 7.86. The maximum absolute atomic E-state index is 5.93. The lowest BCUT2D eigenvalue weighted by Crippen LogP contribution is -2.34. The van der Waals surface area contributed by atoms with Crippen molar-refractivity contribution >= 4 is 46.8 Å². The van der Waals surface area contributed by atoms with Gasteiger partial charge in [-0.25, -0.2) is 0 Å². The van der Waals surface area contributed by atoms with Crippen LogP contribution in [-0.4, -0.2) is 32.6 Å². The molecule has 2 rings (SSSR count). The van der Waals surface area contributed by atoms with Crippen LogP contribution in [-0.2, 0) is 0 Å². The van der Waals surface area contributed by atoms with Gasteiger partial charge in [0, 0.05) is 55.3 Å². The summed E-state index contributed by atoms with van der Waals surface area (Å²) in [6, 6.07) is 15.8. The summed E-state index contributed by atoms with van der Waals surface area (Å²) in [5, 5.41) is 0. The number of rotatable bonds is 7. The van der Waals surface area contributed by atoms with E-state index < -0.39 is 0 Å². The van der Waals surface area contributed by atoms with E-state index in [2.05, 4.69) is 16.8 Å². The van der Waals surface area contributed by atoms with E-state index in [9.17, 15) is 0 Å². The first-order valence-electron chi connectivity index (χ1n) is 7.33. The Labute approximate surface area is 149 Å². The second-order valence-electron chi connectivity index (χ2n) is 5.28. The van der Waals surface area contributed by atoms with Crippen LogP contribution in [0.3, 0.4) is 0 Å². The van der Waals surface area contributed by atoms with Gasteiger partial charge in [-0.2, -0.15) is 0 Å². The fourth-order valence-electron chi connectivity index (χ4n) is 2.29. The minimum atomic E-state index is 0. The molecule has 0 bridgehead atoms. The van der Waals surface area contributed by atoms with Crippen molar-refractivity contribution in [3.05, 3.63) is 48.5 Å². The molecule has 0 spiro atoms. The van der Waals surface area contributed by atoms with Crippen LogP contribution in [0.15, 0.2) is 48.5 Å². The molecule has 0 fully saturated rings. The molecular weight excluding hydrogens is 331 g/mol. The van der Waals surface area contributed by atoms with Crippen molar-refractivity contribution < 1.29 is 0 Å². The third-order valence-electron chi connectivity index (χ3n) is 3.65. The van der Waals surface area contributed by atoms with Gasteiger partial charge in [0.1, 0.15) is 0 Å². The van der Waals surface area contributed by atoms with Crippen LogP contribution in [0.5, 0.6) is 0 Å². The fourth-order valence-corrected chi connectivity index (χ4v) is 2.49. The van der Waals surface area contributed by atoms with Gasteiger partial charge in [-0.05, 0) is 48.5 Å². The molecule has 4 nitrogen and oxygen atoms in total. The average molecular weight is 355 g/mol. The van der Waals surface area contributed by atoms with E-state index in [0.717, 1.165) is 42.4 Å². The molecule has 0 saturated carbocycles. The second-order valence-corrected chi connectivity index (χ2v) is 5.66. The summed E-state index contributed by atoms with van der Waals surface area (Å²) in [4.78, 5) is 4.47. The highest BCUT2D eigenvalue weighted by Crippen LogP contribution is 2.18. The van der Waals surface area contributed by atoms with Crippen molar-refractivity contribution in [1.29, 1.82) is 0 Å². The van der Waals surface area contributed by atoms with E-state index >= 15 is 0 Å². The average Bonchev–Trinajstić information content (AvgIpc) is 2.53. The summed E-state index contributed by atoms with van der Waals surface area (Å²) in [5.74, 6) is 0.593. The summed E-state index contributed by atoms with van der Waals surface area (Å²) in [5.41, 5.74) is 15.3. The Morgan fingerprint density at radius 3 is 1.74 bits per heavy atom. The van der Waals surface area contributed by atoms with E-state index in [0.29, 0.717) is 5.88 Å². The lowest BCUT2D eigenvalue weighted by molar-refractivity contribution is 0.787. The fraction of sp³-hybridized carbons (Fsp3) is 0.294. The highest BCUT2D eigenvalue weighted by molar-refractivity contribution is 6.18. The van der Waals surface area contributed by atoms with Gasteiger partial charge in [-0.1, -0.05) is 0 Å². The molecule has 2 aromatic carbocycles. The van der Waals surface area contributed by atoms with Gasteiger partial charge in [0.15, 0.2) is 0 Å². The molecule has 0 aromatic heterocycles. The molecule has 0 amide bonds. The highest BCUT2D eigenvalue weighted by atomic mass is 35.5. The van der Waals surface area contributed by atoms with E-state index in [1.807, 2.05) is 48.5 Å². The molecule has 6 heteroatoms. The topological polar surface area (TPSA) is 58.5 Å². The predicted octanol–water partition coefficient (Wildman–Crippen LogP) is 3.45. The minimum absolute atomic E-state index is 0. The zero-order valence-electron chi connectivity index (χ0n) is 13.3. The van der Waals surface area contributed by atoms with Gasteiger partial charge in [-0.3, -0.25) is 0 Å². The Morgan fingerprint density at radius 2 is 1.26 bits per heavy atom. The number of alkyl halides is 1. The standard InChI is InChI=1S/C17H23ClN4.ClH/c1-21(16-6-2-14(19)3-7-16)12-13-22(11-10-18)17-8-4-15(20)5-9-17;/h2-9H,10-13,19-20H2,1H3;1H. The molecule has 0 heterocycles. The lowest BCUT2D eigenvalue weighted by Gasteiger charge is -2.28. The minimum Gasteiger partial charge on any atom is -0.399 e. The third kappa shape index (κ3) is 5.73. The predicted molar refractivity (Wildman–Crippen MR) is 105 cm³/mol. The number of anilines is 4. The molecule has 23 heavy (non-hydrogen) atoms.